The summed E-state index contributed by atoms with van der Waals surface area (Å²) in [5, 5.41) is 13.5. The maximum absolute atomic E-state index is 12.6. The minimum absolute atomic E-state index is 0.00890. The van der Waals surface area contributed by atoms with Crippen molar-refractivity contribution in [2.75, 3.05) is 23.0 Å². The van der Waals surface area contributed by atoms with Gasteiger partial charge in [0.25, 0.3) is 5.69 Å². The Morgan fingerprint density at radius 2 is 1.79 bits per heavy atom. The first-order valence-corrected chi connectivity index (χ1v) is 10.1. The number of carbonyl (C=O) groups excluding carboxylic acids is 2. The Bertz CT molecular complexity index is 1040. The first-order valence-electron chi connectivity index (χ1n) is 8.27. The van der Waals surface area contributed by atoms with Gasteiger partial charge >= 0.3 is 5.97 Å². The van der Waals surface area contributed by atoms with E-state index in [1.165, 1.54) is 56.5 Å². The number of anilines is 2. The molecule has 0 aliphatic rings. The fraction of sp³-hybridized carbons (Fsp3) is 0.222. The monoisotopic (exact) mass is 421 g/mol. The summed E-state index contributed by atoms with van der Waals surface area (Å²) in [7, 11) is -2.69. The van der Waals surface area contributed by atoms with Crippen LogP contribution < -0.4 is 9.62 Å². The van der Waals surface area contributed by atoms with Crippen molar-refractivity contribution in [3.63, 3.8) is 0 Å². The van der Waals surface area contributed by atoms with E-state index in [4.69, 9.17) is 0 Å². The molecule has 2 aromatic carbocycles. The van der Waals surface area contributed by atoms with Gasteiger partial charge in [0.2, 0.25) is 15.9 Å². The number of nitro groups is 1. The molecule has 11 heteroatoms. The van der Waals surface area contributed by atoms with Gasteiger partial charge in [-0.15, -0.1) is 0 Å². The van der Waals surface area contributed by atoms with Crippen LogP contribution in [0, 0.1) is 10.1 Å². The second-order valence-corrected chi connectivity index (χ2v) is 7.93. The number of amides is 1. The zero-order chi connectivity index (χ0) is 21.8. The lowest BCUT2D eigenvalue weighted by molar-refractivity contribution is -0.384. The SMILES string of the molecule is COC(=O)c1ccc(NC(=O)C(C)N(c2cccc([N+](=O)[O-])c2)S(C)(=O)=O)cc1. The van der Waals surface area contributed by atoms with Gasteiger partial charge in [-0.2, -0.15) is 0 Å². The topological polar surface area (TPSA) is 136 Å². The van der Waals surface area contributed by atoms with Crippen molar-refractivity contribution in [1.82, 2.24) is 0 Å². The largest absolute Gasteiger partial charge is 0.465 e. The lowest BCUT2D eigenvalue weighted by Gasteiger charge is -2.28. The second kappa shape index (κ2) is 8.69. The molecule has 0 bridgehead atoms. The number of non-ortho nitro benzene ring substituents is 1. The molecule has 0 aliphatic heterocycles. The molecular weight excluding hydrogens is 402 g/mol. The summed E-state index contributed by atoms with van der Waals surface area (Å²) < 4.78 is 30.0. The van der Waals surface area contributed by atoms with Crippen molar-refractivity contribution in [3.05, 3.63) is 64.2 Å². The number of hydrogen-bond acceptors (Lipinski definition) is 7. The number of nitrogens with zero attached hydrogens (tertiary/aromatic N) is 2. The Hall–Kier alpha value is -3.47. The molecule has 0 radical (unpaired) electrons. The molecule has 1 atom stereocenters. The van der Waals surface area contributed by atoms with Crippen molar-refractivity contribution in [2.45, 2.75) is 13.0 Å². The molecule has 0 saturated carbocycles. The van der Waals surface area contributed by atoms with E-state index < -0.39 is 32.9 Å². The molecule has 1 N–H and O–H groups in total. The Labute approximate surface area is 167 Å². The second-order valence-electron chi connectivity index (χ2n) is 6.07. The predicted molar refractivity (Wildman–Crippen MR) is 106 cm³/mol. The van der Waals surface area contributed by atoms with Crippen LogP contribution in [-0.4, -0.2) is 44.6 Å². The van der Waals surface area contributed by atoms with Crippen LogP contribution in [0.3, 0.4) is 0 Å². The zero-order valence-electron chi connectivity index (χ0n) is 15.9. The van der Waals surface area contributed by atoms with E-state index >= 15 is 0 Å². The lowest BCUT2D eigenvalue weighted by atomic mass is 10.2. The number of nitro benzene ring substituents is 1. The molecule has 0 spiro atoms. The van der Waals surface area contributed by atoms with E-state index in [0.29, 0.717) is 5.69 Å². The lowest BCUT2D eigenvalue weighted by Crippen LogP contribution is -2.45. The van der Waals surface area contributed by atoms with Gasteiger partial charge < -0.3 is 10.1 Å². The third-order valence-electron chi connectivity index (χ3n) is 3.96. The molecule has 2 aromatic rings. The third-order valence-corrected chi connectivity index (χ3v) is 5.20. The van der Waals surface area contributed by atoms with Crippen LogP contribution in [-0.2, 0) is 19.6 Å². The number of methoxy groups -OCH3 is 1. The summed E-state index contributed by atoms with van der Waals surface area (Å²) in [4.78, 5) is 34.4. The van der Waals surface area contributed by atoms with Gasteiger partial charge in [0, 0.05) is 17.8 Å². The first kappa shape index (κ1) is 21.8. The fourth-order valence-electron chi connectivity index (χ4n) is 2.61. The van der Waals surface area contributed by atoms with Crippen LogP contribution in [0.4, 0.5) is 17.1 Å². The van der Waals surface area contributed by atoms with Crippen molar-refractivity contribution in [1.29, 1.82) is 0 Å². The van der Waals surface area contributed by atoms with Gasteiger partial charge in [-0.25, -0.2) is 13.2 Å². The summed E-state index contributed by atoms with van der Waals surface area (Å²) in [6, 6.07) is 9.62. The molecule has 2 rings (SSSR count). The highest BCUT2D eigenvalue weighted by molar-refractivity contribution is 7.92. The molecule has 0 saturated heterocycles. The van der Waals surface area contributed by atoms with Crippen LogP contribution in [0.25, 0.3) is 0 Å². The van der Waals surface area contributed by atoms with Crippen molar-refractivity contribution < 1.29 is 27.7 Å². The number of benzene rings is 2. The first-order chi connectivity index (χ1) is 13.5. The number of hydrogen-bond donors (Lipinski definition) is 1. The average molecular weight is 421 g/mol. The van der Waals surface area contributed by atoms with Crippen LogP contribution >= 0.6 is 0 Å². The van der Waals surface area contributed by atoms with E-state index in [-0.39, 0.29) is 16.9 Å². The summed E-state index contributed by atoms with van der Waals surface area (Å²) in [6.45, 7) is 1.36. The van der Waals surface area contributed by atoms with Crippen LogP contribution in [0.15, 0.2) is 48.5 Å². The quantitative estimate of drug-likeness (QED) is 0.411. The molecule has 0 heterocycles. The molecular formula is C18H19N3O7S. The molecule has 29 heavy (non-hydrogen) atoms. The Morgan fingerprint density at radius 1 is 1.17 bits per heavy atom. The Morgan fingerprint density at radius 3 is 2.31 bits per heavy atom. The number of esters is 1. The highest BCUT2D eigenvalue weighted by atomic mass is 32.2. The summed E-state index contributed by atoms with van der Waals surface area (Å²) in [5.74, 6) is -1.20. The molecule has 0 aliphatic carbocycles. The molecule has 10 nitrogen and oxygen atoms in total. The normalized spacial score (nSPS) is 12.0. The van der Waals surface area contributed by atoms with Crippen molar-refractivity contribution in [2.24, 2.45) is 0 Å². The highest BCUT2D eigenvalue weighted by Crippen LogP contribution is 2.25. The van der Waals surface area contributed by atoms with E-state index in [1.54, 1.807) is 0 Å². The van der Waals surface area contributed by atoms with Crippen LogP contribution in [0.2, 0.25) is 0 Å². The minimum Gasteiger partial charge on any atom is -0.465 e. The zero-order valence-corrected chi connectivity index (χ0v) is 16.7. The van der Waals surface area contributed by atoms with Gasteiger partial charge in [0.1, 0.15) is 6.04 Å². The van der Waals surface area contributed by atoms with E-state index in [0.717, 1.165) is 16.6 Å². The third kappa shape index (κ3) is 5.29. The summed E-state index contributed by atoms with van der Waals surface area (Å²) in [5.41, 5.74) is 0.308. The van der Waals surface area contributed by atoms with E-state index in [9.17, 15) is 28.1 Å². The van der Waals surface area contributed by atoms with Gasteiger partial charge in [0.15, 0.2) is 0 Å². The number of ether oxygens (including phenoxy) is 1. The number of rotatable bonds is 7. The van der Waals surface area contributed by atoms with Gasteiger partial charge in [-0.3, -0.25) is 19.2 Å². The van der Waals surface area contributed by atoms with Gasteiger partial charge in [-0.05, 0) is 37.3 Å². The van der Waals surface area contributed by atoms with Gasteiger partial charge in [-0.1, -0.05) is 6.07 Å². The predicted octanol–water partition coefficient (Wildman–Crippen LogP) is 2.17. The van der Waals surface area contributed by atoms with Crippen LogP contribution in [0.1, 0.15) is 17.3 Å². The maximum atomic E-state index is 12.6. The van der Waals surface area contributed by atoms with Crippen molar-refractivity contribution in [3.8, 4) is 0 Å². The maximum Gasteiger partial charge on any atom is 0.337 e. The molecule has 1 unspecified atom stereocenters. The smallest absolute Gasteiger partial charge is 0.337 e. The van der Waals surface area contributed by atoms with E-state index in [1.807, 2.05) is 0 Å². The molecule has 0 fully saturated rings. The Balaban J connectivity index is 2.29. The summed E-state index contributed by atoms with van der Waals surface area (Å²) in [6.07, 6.45) is 0.904. The number of carbonyl (C=O) groups is 2. The highest BCUT2D eigenvalue weighted by Gasteiger charge is 2.30. The minimum atomic E-state index is -3.93. The standard InChI is InChI=1S/C18H19N3O7S/c1-12(17(22)19-14-9-7-13(8-10-14)18(23)28-2)20(29(3,26)27)15-5-4-6-16(11-15)21(24)25/h4-12H,1-3H3,(H,19,22). The molecule has 1 amide bonds. The van der Waals surface area contributed by atoms with Crippen molar-refractivity contribution >= 4 is 39.0 Å². The van der Waals surface area contributed by atoms with E-state index in [2.05, 4.69) is 10.1 Å². The fourth-order valence-corrected chi connectivity index (χ4v) is 3.77. The molecule has 154 valence electrons. The number of sulfonamides is 1. The number of nitrogens with one attached hydrogen (secondary N) is 1. The van der Waals surface area contributed by atoms with Gasteiger partial charge in [0.05, 0.1) is 29.5 Å². The molecule has 0 aromatic heterocycles. The van der Waals surface area contributed by atoms with Crippen LogP contribution in [0.5, 0.6) is 0 Å². The Kier molecular flexibility index (Phi) is 6.54. The summed E-state index contributed by atoms with van der Waals surface area (Å²) >= 11 is 0. The average Bonchev–Trinajstić information content (AvgIpc) is 2.67.